The quantitative estimate of drug-likeness (QED) is 0.0610. The molecule has 0 radical (unpaired) electrons. The highest BCUT2D eigenvalue weighted by atomic mass is 16.8. The van der Waals surface area contributed by atoms with Crippen LogP contribution in [0.2, 0.25) is 0 Å². The van der Waals surface area contributed by atoms with Gasteiger partial charge in [-0.15, -0.1) is 0 Å². The minimum absolute atomic E-state index is 0.0554. The number of fused-ring (bicyclic) bond motifs is 4. The number of aliphatic hydroxyl groups excluding tert-OH is 16. The number of rotatable bonds is 17. The summed E-state index contributed by atoms with van der Waals surface area (Å²) in [5.41, 5.74) is 0.966. The van der Waals surface area contributed by atoms with Crippen LogP contribution in [0.5, 0.6) is 0 Å². The van der Waals surface area contributed by atoms with Crippen molar-refractivity contribution < 1.29 is 148 Å². The number of hydrogen-bond acceptors (Lipinski definition) is 30. The number of carbonyl (C=O) groups excluding carboxylic acids is 1. The number of ether oxygens (including phenoxy) is 13. The molecule has 11 aliphatic rings. The van der Waals surface area contributed by atoms with Crippen LogP contribution in [-0.2, 0) is 66.4 Å². The first kappa shape index (κ1) is 71.5. The Morgan fingerprint density at radius 2 is 1.10 bits per heavy atom. The van der Waals surface area contributed by atoms with Crippen LogP contribution in [0, 0.1) is 33.5 Å². The van der Waals surface area contributed by atoms with Crippen molar-refractivity contribution >= 4 is 5.78 Å². The summed E-state index contributed by atoms with van der Waals surface area (Å²) >= 11 is 0. The van der Waals surface area contributed by atoms with E-state index in [1.165, 1.54) is 18.1 Å². The number of allylic oxidation sites excluding steroid dienone is 2. The van der Waals surface area contributed by atoms with Crippen molar-refractivity contribution in [3.8, 4) is 0 Å². The molecule has 0 aromatic carbocycles. The SMILES string of the molecule is CCC(=O)[C@@H]1C[C@@H](C)[C@@]2(C[C@@]3(C)CCC4=C(CC[C@H]5[C@@](C)(CO)[C@@H](O[C@@H]6O[C@H](CO[C@@H]7OC[C@H](O)[C@H](O)[C@H]7O[C@@H]7O[C@H](CO)[C@@H](O)[C@H](O[C@@H]8OC[C@H](O)[C@H](O)[C@H]8O[C@@H]8OC[C@@H](O)[C@H](O)[C@H]8O)[C@H]7O[C@@H]7O[C@@H](C)[C@H](O)[C@@H](O)[C@H]7O)[C@@H](O)[C@H](O)[C@H]6O)CC[C@]45C)[C@]3(C)C2)O1. The Labute approximate surface area is 533 Å². The fourth-order valence-electron chi connectivity index (χ4n) is 17.7. The van der Waals surface area contributed by atoms with E-state index in [9.17, 15) is 86.5 Å². The number of aliphatic hydroxyl groups is 16. The van der Waals surface area contributed by atoms with Crippen molar-refractivity contribution in [3.63, 3.8) is 0 Å². The van der Waals surface area contributed by atoms with Gasteiger partial charge in [-0.3, -0.25) is 4.79 Å². The summed E-state index contributed by atoms with van der Waals surface area (Å²) in [6.45, 7) is 10.7. The molecular formula is C62H100O30. The molecular weight excluding hydrogens is 1220 g/mol. The molecule has 36 atom stereocenters. The summed E-state index contributed by atoms with van der Waals surface area (Å²) < 4.78 is 79.4. The van der Waals surface area contributed by atoms with E-state index in [0.717, 1.165) is 44.9 Å². The first-order chi connectivity index (χ1) is 43.4. The van der Waals surface area contributed by atoms with E-state index < -0.39 is 222 Å². The van der Waals surface area contributed by atoms with E-state index in [2.05, 4.69) is 27.7 Å². The number of carbonyl (C=O) groups is 1. The van der Waals surface area contributed by atoms with E-state index in [0.29, 0.717) is 19.3 Å². The zero-order chi connectivity index (χ0) is 66.6. The van der Waals surface area contributed by atoms with Crippen molar-refractivity contribution in [3.05, 3.63) is 11.1 Å². The third kappa shape index (κ3) is 12.5. The second-order valence-corrected chi connectivity index (χ2v) is 29.1. The molecule has 16 N–H and O–H groups in total. The Hall–Kier alpha value is -1.75. The fourth-order valence-corrected chi connectivity index (χ4v) is 17.7. The minimum atomic E-state index is -2.05. The van der Waals surface area contributed by atoms with E-state index >= 15 is 0 Å². The molecule has 4 aliphatic carbocycles. The molecule has 0 aromatic heterocycles. The van der Waals surface area contributed by atoms with Gasteiger partial charge in [-0.2, -0.15) is 0 Å². The molecule has 0 unspecified atom stereocenters. The third-order valence-electron chi connectivity index (χ3n) is 23.6. The maximum atomic E-state index is 13.0. The summed E-state index contributed by atoms with van der Waals surface area (Å²) in [6.07, 6.45) is -42.6. The average Bonchev–Trinajstić information content (AvgIpc) is 1.40. The Morgan fingerprint density at radius 3 is 1.75 bits per heavy atom. The lowest BCUT2D eigenvalue weighted by Gasteiger charge is -2.62. The highest BCUT2D eigenvalue weighted by Crippen LogP contribution is 2.74. The fraction of sp³-hybridized carbons (Fsp3) is 0.952. The van der Waals surface area contributed by atoms with Gasteiger partial charge < -0.3 is 143 Å². The molecule has 0 bridgehead atoms. The third-order valence-corrected chi connectivity index (χ3v) is 23.6. The Balaban J connectivity index is 0.810. The zero-order valence-electron chi connectivity index (χ0n) is 53.1. The average molecular weight is 1330 g/mol. The van der Waals surface area contributed by atoms with E-state index in [1.807, 2.05) is 13.8 Å². The predicted octanol–water partition coefficient (Wildman–Crippen LogP) is -4.51. The van der Waals surface area contributed by atoms with Gasteiger partial charge in [0.15, 0.2) is 43.5 Å². The Kier molecular flexibility index (Phi) is 21.3. The highest BCUT2D eigenvalue weighted by molar-refractivity contribution is 5.83. The molecule has 7 saturated heterocycles. The molecule has 7 aliphatic heterocycles. The standard InChI is InChI=1S/C62H100O30/c1-8-28(65)32-15-24(2)62(92-32)21-58(4)13-11-26-27(61(58,7)22-62)9-10-35-59(26,5)14-12-36(60(35,6)23-64)87-54-47(79)44(76)41(73)34(86-54)20-83-55-49(39(71)30(67)18-81-55)90-57-51(91-53-46(78)43(75)37(69)25(3)84-53)48(42(74)33(16-63)85-57)88-56-50(40(72)31(68)19-82-56)89-52-45(77)38(70)29(66)17-80-52/h24-25,29-57,63-64,66-79H,8-23H2,1-7H3/t24-,25+,29-,30+,31+,32+,33-,34-,35-,36+,37+,38+,39+,40+,41-,42-,43-,44+,45-,46-,47-,48+,49-,50-,51-,52+,53+,54+,55+,56+,57+,58-,59-,60-,61+,62+/m1/s1. The first-order valence-corrected chi connectivity index (χ1v) is 32.8. The molecule has 2 saturated carbocycles. The summed E-state index contributed by atoms with van der Waals surface area (Å²) in [5, 5.41) is 177. The van der Waals surface area contributed by atoms with Gasteiger partial charge in [-0.1, -0.05) is 52.7 Å². The van der Waals surface area contributed by atoms with E-state index in [1.54, 1.807) is 0 Å². The van der Waals surface area contributed by atoms with Crippen LogP contribution in [0.4, 0.5) is 0 Å². The maximum Gasteiger partial charge on any atom is 0.187 e. The van der Waals surface area contributed by atoms with Crippen molar-refractivity contribution in [2.45, 2.75) is 296 Å². The first-order valence-electron chi connectivity index (χ1n) is 32.8. The lowest BCUT2D eigenvalue weighted by molar-refractivity contribution is -0.408. The monoisotopic (exact) mass is 1320 g/mol. The molecule has 92 heavy (non-hydrogen) atoms. The van der Waals surface area contributed by atoms with Crippen LogP contribution in [0.1, 0.15) is 113 Å². The lowest BCUT2D eigenvalue weighted by atomic mass is 9.44. The van der Waals surface area contributed by atoms with Gasteiger partial charge in [-0.25, -0.2) is 0 Å². The van der Waals surface area contributed by atoms with Gasteiger partial charge >= 0.3 is 0 Å². The van der Waals surface area contributed by atoms with Gasteiger partial charge in [0, 0.05) is 11.8 Å². The van der Waals surface area contributed by atoms with Crippen LogP contribution >= 0.6 is 0 Å². The molecule has 0 amide bonds. The molecule has 0 aromatic rings. The molecule has 30 nitrogen and oxygen atoms in total. The maximum absolute atomic E-state index is 13.0. The normalized spacial score (nSPS) is 54.8. The number of ketones is 1. The number of Topliss-reactive ketones (excluding diaryl/α,β-unsaturated/α-hetero) is 1. The number of hydrogen-bond donors (Lipinski definition) is 16. The largest absolute Gasteiger partial charge is 0.396 e. The van der Waals surface area contributed by atoms with Crippen LogP contribution in [0.3, 0.4) is 0 Å². The van der Waals surface area contributed by atoms with Crippen LogP contribution in [0.25, 0.3) is 0 Å². The van der Waals surface area contributed by atoms with Crippen LogP contribution in [0.15, 0.2) is 11.1 Å². The Bertz CT molecular complexity index is 2570. The summed E-state index contributed by atoms with van der Waals surface area (Å²) in [5.74, 6) is 0.268. The molecule has 9 fully saturated rings. The minimum Gasteiger partial charge on any atom is -0.396 e. The molecule has 1 spiro atoms. The van der Waals surface area contributed by atoms with Gasteiger partial charge in [0.1, 0.15) is 128 Å². The van der Waals surface area contributed by atoms with Gasteiger partial charge in [-0.05, 0) is 92.8 Å². The van der Waals surface area contributed by atoms with E-state index in [-0.39, 0.29) is 40.5 Å². The topological polar surface area (TPSA) is 461 Å². The van der Waals surface area contributed by atoms with E-state index in [4.69, 9.17) is 61.6 Å². The Morgan fingerprint density at radius 1 is 0.533 bits per heavy atom. The second kappa shape index (κ2) is 27.4. The van der Waals surface area contributed by atoms with Gasteiger partial charge in [0.2, 0.25) is 0 Å². The van der Waals surface area contributed by atoms with Crippen molar-refractivity contribution in [1.29, 1.82) is 0 Å². The summed E-state index contributed by atoms with van der Waals surface area (Å²) in [4.78, 5) is 13.0. The highest BCUT2D eigenvalue weighted by Gasteiger charge is 2.69. The second-order valence-electron chi connectivity index (χ2n) is 29.1. The lowest BCUT2D eigenvalue weighted by Crippen LogP contribution is -2.68. The smallest absolute Gasteiger partial charge is 0.187 e. The van der Waals surface area contributed by atoms with Crippen LogP contribution in [-0.4, -0.2) is 311 Å². The molecule has 7 heterocycles. The summed E-state index contributed by atoms with van der Waals surface area (Å²) in [7, 11) is 0. The molecule has 528 valence electrons. The van der Waals surface area contributed by atoms with Crippen molar-refractivity contribution in [2.24, 2.45) is 33.5 Å². The van der Waals surface area contributed by atoms with Gasteiger partial charge in [0.05, 0.1) is 57.5 Å². The summed E-state index contributed by atoms with van der Waals surface area (Å²) in [6, 6.07) is 0. The molecule has 11 rings (SSSR count). The van der Waals surface area contributed by atoms with Gasteiger partial charge in [0.25, 0.3) is 0 Å². The zero-order valence-corrected chi connectivity index (χ0v) is 53.1. The van der Waals surface area contributed by atoms with Crippen LogP contribution < -0.4 is 0 Å². The van der Waals surface area contributed by atoms with Crippen molar-refractivity contribution in [1.82, 2.24) is 0 Å². The predicted molar refractivity (Wildman–Crippen MR) is 306 cm³/mol. The molecule has 30 heteroatoms. The van der Waals surface area contributed by atoms with Crippen molar-refractivity contribution in [2.75, 3.05) is 39.6 Å².